The molecule has 0 aliphatic rings. The summed E-state index contributed by atoms with van der Waals surface area (Å²) in [5.74, 6) is -0.629. The van der Waals surface area contributed by atoms with Crippen LogP contribution in [0.15, 0.2) is 0 Å². The van der Waals surface area contributed by atoms with Gasteiger partial charge < -0.3 is 32.4 Å². The van der Waals surface area contributed by atoms with Gasteiger partial charge in [-0.2, -0.15) is 12.8 Å². The van der Waals surface area contributed by atoms with Gasteiger partial charge in [-0.05, 0) is 13.3 Å². The fraction of sp³-hybridized carbons (Fsp3) is 0.727. The largest absolute Gasteiger partial charge is 0.520 e. The van der Waals surface area contributed by atoms with Gasteiger partial charge >= 0.3 is 7.82 Å². The van der Waals surface area contributed by atoms with Gasteiger partial charge in [0.15, 0.2) is 0 Å². The average molecular weight is 613 g/mol. The topological polar surface area (TPSA) is 134 Å². The van der Waals surface area contributed by atoms with Gasteiger partial charge in [-0.25, -0.2) is 4.57 Å². The Morgan fingerprint density at radius 2 is 2.04 bits per heavy atom. The van der Waals surface area contributed by atoms with E-state index < -0.39 is 32.5 Å². The van der Waals surface area contributed by atoms with Crippen LogP contribution < -0.4 is 10.6 Å². The standard InChI is InChI=1S/C11H21N2O7P.U.V/c1-3-6-19-21(17,18)20-7-10(13-8-14)11(16)12-5-4-9(2)15;;/h9-10,15H,1,3-7H2,2H3,(H,12,16)(H,13,14)(H,17,18);;/q-2;;. The molecular formula is C11H21N2O7PUV-2. The van der Waals surface area contributed by atoms with Crippen LogP contribution in [0.1, 0.15) is 19.8 Å². The number of hydrogen-bond acceptors (Lipinski definition) is 6. The summed E-state index contributed by atoms with van der Waals surface area (Å²) in [4.78, 5) is 31.3. The number of phosphoric acid groups is 1. The Hall–Kier alpha value is 0.646. The van der Waals surface area contributed by atoms with Gasteiger partial charge in [0, 0.05) is 62.8 Å². The Kier molecular flexibility index (Phi) is 20.0. The normalized spacial score (nSPS) is 15.1. The van der Waals surface area contributed by atoms with Crippen molar-refractivity contribution in [1.29, 1.82) is 0 Å². The van der Waals surface area contributed by atoms with Crippen LogP contribution in [-0.2, 0) is 41.8 Å². The molecule has 0 bridgehead atoms. The van der Waals surface area contributed by atoms with Gasteiger partial charge in [0.2, 0.25) is 5.91 Å². The molecule has 0 saturated carbocycles. The molecule has 0 aromatic heterocycles. The molecule has 133 valence electrons. The van der Waals surface area contributed by atoms with Crippen LogP contribution in [-0.4, -0.2) is 54.2 Å². The predicted molar refractivity (Wildman–Crippen MR) is 73.6 cm³/mol. The Bertz CT molecular complexity index is 376. The molecule has 9 nitrogen and oxygen atoms in total. The molecule has 1 radical (unpaired) electrons. The van der Waals surface area contributed by atoms with Gasteiger partial charge in [-0.15, -0.1) is 0 Å². The summed E-state index contributed by atoms with van der Waals surface area (Å²) in [5, 5.41) is 13.5. The molecule has 3 unspecified atom stereocenters. The van der Waals surface area contributed by atoms with E-state index in [-0.39, 0.29) is 69.2 Å². The van der Waals surface area contributed by atoms with Crippen LogP contribution in [0.25, 0.3) is 0 Å². The van der Waals surface area contributed by atoms with E-state index in [1.807, 2.05) is 5.32 Å². The van der Waals surface area contributed by atoms with Crippen LogP contribution in [0.3, 0.4) is 0 Å². The summed E-state index contributed by atoms with van der Waals surface area (Å²) in [7, 11) is -4.30. The van der Waals surface area contributed by atoms with Gasteiger partial charge in [-0.1, -0.05) is 0 Å². The number of hydrogen-bond donors (Lipinski definition) is 4. The number of nitrogens with one attached hydrogen (secondary N) is 2. The zero-order valence-electron chi connectivity index (χ0n) is 12.7. The van der Waals surface area contributed by atoms with E-state index in [4.69, 9.17) is 5.11 Å². The molecule has 0 fully saturated rings. The van der Waals surface area contributed by atoms with Crippen LogP contribution in [0, 0.1) is 38.0 Å². The molecule has 23 heavy (non-hydrogen) atoms. The Morgan fingerprint density at radius 1 is 1.43 bits per heavy atom. The Balaban J connectivity index is -0.00000200. The summed E-state index contributed by atoms with van der Waals surface area (Å²) < 4.78 is 20.5. The predicted octanol–water partition coefficient (Wildman–Crippen LogP) is -0.746. The second kappa shape index (κ2) is 16.1. The molecule has 0 aliphatic carbocycles. The number of carbonyl (C=O) groups excluding carboxylic acids is 2. The number of carbonyl (C=O) groups is 1. The van der Waals surface area contributed by atoms with Crippen molar-refractivity contribution >= 4 is 20.1 Å². The average Bonchev–Trinajstić information content (AvgIpc) is 2.40. The van der Waals surface area contributed by atoms with E-state index in [2.05, 4.69) is 21.3 Å². The molecular weight excluding hydrogens is 592 g/mol. The number of phosphoric ester groups is 1. The van der Waals surface area contributed by atoms with E-state index >= 15 is 0 Å². The van der Waals surface area contributed by atoms with E-state index in [9.17, 15) is 19.0 Å². The van der Waals surface area contributed by atoms with Gasteiger partial charge in [0.05, 0.1) is 12.7 Å². The molecule has 0 aromatic rings. The Morgan fingerprint density at radius 3 is 2.52 bits per heavy atom. The molecule has 0 aromatic carbocycles. The van der Waals surface area contributed by atoms with Crippen LogP contribution in [0.5, 0.6) is 0 Å². The van der Waals surface area contributed by atoms with Crippen molar-refractivity contribution in [2.45, 2.75) is 31.9 Å². The molecule has 3 atom stereocenters. The first-order valence-corrected chi connectivity index (χ1v) is 7.81. The van der Waals surface area contributed by atoms with Crippen molar-refractivity contribution in [3.05, 3.63) is 6.92 Å². The molecule has 2 amide bonds. The fourth-order valence-corrected chi connectivity index (χ4v) is 1.94. The van der Waals surface area contributed by atoms with E-state index in [0.717, 1.165) is 0 Å². The molecule has 0 saturated heterocycles. The van der Waals surface area contributed by atoms with Gasteiger partial charge in [0.1, 0.15) is 6.04 Å². The fourth-order valence-electron chi connectivity index (χ4n) is 1.17. The van der Waals surface area contributed by atoms with Crippen LogP contribution >= 0.6 is 7.82 Å². The minimum absolute atomic E-state index is 0. The summed E-state index contributed by atoms with van der Waals surface area (Å²) in [5.41, 5.74) is 0. The van der Waals surface area contributed by atoms with Crippen molar-refractivity contribution in [2.24, 2.45) is 0 Å². The van der Waals surface area contributed by atoms with Crippen molar-refractivity contribution < 1.29 is 82.9 Å². The van der Waals surface area contributed by atoms with E-state index in [1.54, 1.807) is 6.92 Å². The van der Waals surface area contributed by atoms with Gasteiger partial charge in [0.25, 0.3) is 0 Å². The van der Waals surface area contributed by atoms with Gasteiger partial charge in [-0.3, -0.25) is 13.8 Å². The van der Waals surface area contributed by atoms with Crippen LogP contribution in [0.4, 0.5) is 0 Å². The van der Waals surface area contributed by atoms with Crippen molar-refractivity contribution in [1.82, 2.24) is 10.6 Å². The molecule has 0 spiro atoms. The first-order valence-electron chi connectivity index (χ1n) is 6.32. The Labute approximate surface area is 171 Å². The molecule has 12 heteroatoms. The number of aliphatic hydroxyl groups is 1. The zero-order chi connectivity index (χ0) is 16.3. The smallest absolute Gasteiger partial charge is 0.472 e. The van der Waals surface area contributed by atoms with Crippen LogP contribution in [0.2, 0.25) is 0 Å². The zero-order valence-corrected chi connectivity index (χ0v) is 19.2. The number of aliphatic hydroxyl groups excluding tert-OH is 1. The van der Waals surface area contributed by atoms with E-state index in [1.165, 1.54) is 6.41 Å². The van der Waals surface area contributed by atoms with Crippen molar-refractivity contribution in [2.75, 3.05) is 19.8 Å². The third-order valence-electron chi connectivity index (χ3n) is 2.21. The minimum atomic E-state index is -4.30. The molecule has 0 heterocycles. The first kappa shape index (κ1) is 28.4. The third-order valence-corrected chi connectivity index (χ3v) is 3.20. The maximum atomic E-state index is 11.7. The monoisotopic (exact) mass is 613 g/mol. The second-order valence-corrected chi connectivity index (χ2v) is 5.63. The molecule has 4 N–H and O–H groups in total. The second-order valence-electron chi connectivity index (χ2n) is 4.18. The summed E-state index contributed by atoms with van der Waals surface area (Å²) in [6, 6.07) is -1.19. The minimum Gasteiger partial charge on any atom is -0.520 e. The summed E-state index contributed by atoms with van der Waals surface area (Å²) in [6.45, 7) is 4.54. The quantitative estimate of drug-likeness (QED) is 0.130. The molecule has 0 rings (SSSR count). The van der Waals surface area contributed by atoms with Crippen molar-refractivity contribution in [3.8, 4) is 0 Å². The summed E-state index contributed by atoms with van der Waals surface area (Å²) in [6.07, 6.45) is 1.33. The molecule has 0 aliphatic heterocycles. The number of amides is 2. The van der Waals surface area contributed by atoms with E-state index in [0.29, 0.717) is 6.42 Å². The maximum Gasteiger partial charge on any atom is 0.472 e. The third kappa shape index (κ3) is 15.9. The SMILES string of the molecule is [CH2-]CCOP(=O)(O)OCC(N[C-]=O)C(=O)NCCC(C)O.[U].[V]. The number of rotatable bonds is 12. The first-order chi connectivity index (χ1) is 9.82. The summed E-state index contributed by atoms with van der Waals surface area (Å²) >= 11 is 0. The maximum absolute atomic E-state index is 11.7. The van der Waals surface area contributed by atoms with Crippen molar-refractivity contribution in [3.63, 3.8) is 0 Å².